The van der Waals surface area contributed by atoms with Crippen LogP contribution in [0.4, 0.5) is 5.82 Å². The van der Waals surface area contributed by atoms with Crippen molar-refractivity contribution >= 4 is 29.2 Å². The predicted molar refractivity (Wildman–Crippen MR) is 115 cm³/mol. The number of likely N-dealkylation sites (N-methyl/N-ethyl adjacent to an activating group) is 1. The zero-order chi connectivity index (χ0) is 21.8. The van der Waals surface area contributed by atoms with Crippen molar-refractivity contribution < 1.29 is 14.3 Å². The first-order valence-corrected chi connectivity index (χ1v) is 10.8. The van der Waals surface area contributed by atoms with Gasteiger partial charge in [0.25, 0.3) is 5.91 Å². The molecule has 9 nitrogen and oxygen atoms in total. The molecule has 1 saturated heterocycles. The van der Waals surface area contributed by atoms with Gasteiger partial charge < -0.3 is 9.64 Å². The van der Waals surface area contributed by atoms with Gasteiger partial charge in [-0.05, 0) is 19.1 Å². The second kappa shape index (κ2) is 9.67. The number of carbonyl (C=O) groups is 2. The predicted octanol–water partition coefficient (Wildman–Crippen LogP) is 1.80. The molecule has 0 aromatic carbocycles. The summed E-state index contributed by atoms with van der Waals surface area (Å²) in [5, 5.41) is 0.469. The minimum absolute atomic E-state index is 0.0361. The third-order valence-corrected chi connectivity index (χ3v) is 5.85. The maximum absolute atomic E-state index is 13.2. The largest absolute Gasteiger partial charge is 0.379 e. The number of halogens is 1. The quantitative estimate of drug-likeness (QED) is 0.642. The summed E-state index contributed by atoms with van der Waals surface area (Å²) in [6.07, 6.45) is 4.61. The molecule has 164 valence electrons. The molecule has 31 heavy (non-hydrogen) atoms. The van der Waals surface area contributed by atoms with Gasteiger partial charge in [0, 0.05) is 51.3 Å². The summed E-state index contributed by atoms with van der Waals surface area (Å²) in [6, 6.07) is 2.77. The average molecular weight is 445 g/mol. The van der Waals surface area contributed by atoms with Crippen LogP contribution < -0.4 is 4.90 Å². The van der Waals surface area contributed by atoms with E-state index >= 15 is 0 Å². The highest BCUT2D eigenvalue weighted by Gasteiger charge is 2.42. The number of hydrogen-bond donors (Lipinski definition) is 0. The van der Waals surface area contributed by atoms with Gasteiger partial charge in [-0.15, -0.1) is 0 Å². The van der Waals surface area contributed by atoms with Gasteiger partial charge in [0.05, 0.1) is 36.4 Å². The number of amides is 2. The fourth-order valence-corrected chi connectivity index (χ4v) is 4.05. The van der Waals surface area contributed by atoms with Crippen molar-refractivity contribution in [2.45, 2.75) is 19.4 Å². The van der Waals surface area contributed by atoms with Crippen molar-refractivity contribution in [2.75, 3.05) is 50.8 Å². The number of ether oxygens (including phenoxy) is 1. The molecule has 10 heteroatoms. The third kappa shape index (κ3) is 4.68. The monoisotopic (exact) mass is 444 g/mol. The van der Waals surface area contributed by atoms with Gasteiger partial charge in [-0.1, -0.05) is 11.6 Å². The van der Waals surface area contributed by atoms with Crippen LogP contribution >= 0.6 is 11.6 Å². The van der Waals surface area contributed by atoms with Crippen LogP contribution in [0.5, 0.6) is 0 Å². The topological polar surface area (TPSA) is 91.8 Å². The van der Waals surface area contributed by atoms with Gasteiger partial charge in [0.15, 0.2) is 5.69 Å². The molecule has 2 aliphatic rings. The second-order valence-electron chi connectivity index (χ2n) is 7.45. The Labute approximate surface area is 186 Å². The first-order valence-electron chi connectivity index (χ1n) is 10.4. The van der Waals surface area contributed by atoms with Gasteiger partial charge in [0.2, 0.25) is 5.91 Å². The van der Waals surface area contributed by atoms with E-state index in [1.165, 1.54) is 17.3 Å². The lowest BCUT2D eigenvalue weighted by Crippen LogP contribution is -2.43. The summed E-state index contributed by atoms with van der Waals surface area (Å²) in [4.78, 5) is 44.7. The van der Waals surface area contributed by atoms with E-state index in [9.17, 15) is 9.59 Å². The summed E-state index contributed by atoms with van der Waals surface area (Å²) in [6.45, 7) is 7.18. The van der Waals surface area contributed by atoms with Gasteiger partial charge in [-0.2, -0.15) is 0 Å². The van der Waals surface area contributed by atoms with E-state index < -0.39 is 6.04 Å². The Morgan fingerprint density at radius 3 is 2.71 bits per heavy atom. The van der Waals surface area contributed by atoms with Crippen LogP contribution in [-0.4, -0.2) is 82.5 Å². The van der Waals surface area contributed by atoms with Crippen molar-refractivity contribution in [3.63, 3.8) is 0 Å². The van der Waals surface area contributed by atoms with E-state index in [0.29, 0.717) is 29.6 Å². The number of anilines is 1. The Morgan fingerprint density at radius 2 is 2.00 bits per heavy atom. The van der Waals surface area contributed by atoms with Crippen LogP contribution in [-0.2, 0) is 9.53 Å². The fourth-order valence-electron chi connectivity index (χ4n) is 3.94. The summed E-state index contributed by atoms with van der Waals surface area (Å²) < 4.78 is 5.39. The first-order chi connectivity index (χ1) is 15.1. The van der Waals surface area contributed by atoms with Crippen molar-refractivity contribution in [3.8, 4) is 0 Å². The Bertz CT molecular complexity index is 935. The van der Waals surface area contributed by atoms with E-state index in [1.54, 1.807) is 18.3 Å². The lowest BCUT2D eigenvalue weighted by atomic mass is 10.1. The van der Waals surface area contributed by atoms with Gasteiger partial charge >= 0.3 is 0 Å². The van der Waals surface area contributed by atoms with E-state index in [1.807, 2.05) is 11.8 Å². The number of rotatable bonds is 7. The highest BCUT2D eigenvalue weighted by molar-refractivity contribution is 6.30. The van der Waals surface area contributed by atoms with Gasteiger partial charge in [-0.25, -0.2) is 9.97 Å². The van der Waals surface area contributed by atoms with E-state index in [2.05, 4.69) is 19.9 Å². The van der Waals surface area contributed by atoms with Gasteiger partial charge in [-0.3, -0.25) is 24.4 Å². The lowest BCUT2D eigenvalue weighted by molar-refractivity contribution is -0.131. The molecule has 2 aromatic heterocycles. The van der Waals surface area contributed by atoms with Crippen LogP contribution in [0.15, 0.2) is 30.7 Å². The molecule has 4 rings (SSSR count). The number of nitrogens with zero attached hydrogens (tertiary/aromatic N) is 6. The Hall–Kier alpha value is -2.62. The number of hydrogen-bond acceptors (Lipinski definition) is 7. The van der Waals surface area contributed by atoms with E-state index in [0.717, 1.165) is 32.8 Å². The molecular formula is C21H25ClN6O3. The number of carbonyl (C=O) groups excluding carboxylic acids is 2. The molecule has 0 N–H and O–H groups in total. The SMILES string of the molecule is CCN(CCN1CCOCC1)C(=O)C[C@@H]1c2nccnc2C(=O)N1c1ccc(Cl)cn1. The molecule has 2 aromatic rings. The lowest BCUT2D eigenvalue weighted by Gasteiger charge is -2.31. The van der Waals surface area contributed by atoms with Crippen molar-refractivity contribution in [3.05, 3.63) is 47.1 Å². The number of pyridine rings is 1. The van der Waals surface area contributed by atoms with Crippen LogP contribution in [0.2, 0.25) is 5.02 Å². The van der Waals surface area contributed by atoms with Gasteiger partial charge in [0.1, 0.15) is 5.82 Å². The van der Waals surface area contributed by atoms with Crippen LogP contribution in [0, 0.1) is 0 Å². The van der Waals surface area contributed by atoms with Crippen LogP contribution in [0.1, 0.15) is 35.6 Å². The van der Waals surface area contributed by atoms with E-state index in [-0.39, 0.29) is 23.9 Å². The van der Waals surface area contributed by atoms with E-state index in [4.69, 9.17) is 16.3 Å². The molecule has 0 radical (unpaired) electrons. The molecule has 1 atom stereocenters. The average Bonchev–Trinajstić information content (AvgIpc) is 3.07. The molecule has 0 aliphatic carbocycles. The molecule has 0 bridgehead atoms. The smallest absolute Gasteiger partial charge is 0.280 e. The maximum Gasteiger partial charge on any atom is 0.280 e. The molecule has 0 spiro atoms. The zero-order valence-corrected chi connectivity index (χ0v) is 18.2. The molecule has 2 aliphatic heterocycles. The van der Waals surface area contributed by atoms with Crippen LogP contribution in [0.25, 0.3) is 0 Å². The van der Waals surface area contributed by atoms with Crippen LogP contribution in [0.3, 0.4) is 0 Å². The Balaban J connectivity index is 1.52. The molecule has 2 amide bonds. The Morgan fingerprint density at radius 1 is 1.23 bits per heavy atom. The number of morpholine rings is 1. The summed E-state index contributed by atoms with van der Waals surface area (Å²) in [5.41, 5.74) is 0.759. The third-order valence-electron chi connectivity index (χ3n) is 5.63. The number of fused-ring (bicyclic) bond motifs is 1. The fraction of sp³-hybridized carbons (Fsp3) is 0.476. The standard InChI is InChI=1S/C21H25ClN6O3/c1-2-27(8-7-26-9-11-31-12-10-26)18(29)13-16-19-20(24-6-5-23-19)21(30)28(16)17-4-3-15(22)14-25-17/h3-6,14,16H,2,7-13H2,1H3/t16-/m1/s1. The highest BCUT2D eigenvalue weighted by atomic mass is 35.5. The molecular weight excluding hydrogens is 420 g/mol. The molecule has 1 fully saturated rings. The summed E-state index contributed by atoms with van der Waals surface area (Å²) in [5.74, 6) is 0.0708. The zero-order valence-electron chi connectivity index (χ0n) is 17.4. The minimum Gasteiger partial charge on any atom is -0.379 e. The van der Waals surface area contributed by atoms with Crippen molar-refractivity contribution in [1.29, 1.82) is 0 Å². The second-order valence-corrected chi connectivity index (χ2v) is 7.88. The van der Waals surface area contributed by atoms with Crippen molar-refractivity contribution in [1.82, 2.24) is 24.8 Å². The van der Waals surface area contributed by atoms with Crippen molar-refractivity contribution in [2.24, 2.45) is 0 Å². The first kappa shape index (κ1) is 21.6. The number of aromatic nitrogens is 3. The molecule has 0 unspecified atom stereocenters. The molecule has 4 heterocycles. The highest BCUT2D eigenvalue weighted by Crippen LogP contribution is 2.37. The normalized spacial score (nSPS) is 18.8. The molecule has 0 saturated carbocycles. The minimum atomic E-state index is -0.560. The Kier molecular flexibility index (Phi) is 6.74. The summed E-state index contributed by atoms with van der Waals surface area (Å²) >= 11 is 5.96. The maximum atomic E-state index is 13.2. The summed E-state index contributed by atoms with van der Waals surface area (Å²) in [7, 11) is 0.